The van der Waals surface area contributed by atoms with Crippen LogP contribution < -0.4 is 0 Å². The predicted octanol–water partition coefficient (Wildman–Crippen LogP) is 0.853. The standard InChI is InChI=1S/C14H24N2O4/c1-10-7-16(9-12(10)13(18)19)14(20)15-5-2-3-11(8-15)4-6-17/h10-12,17H,2-9H2,1H3,(H,18,19). The topological polar surface area (TPSA) is 81.1 Å². The molecule has 2 amide bonds. The average molecular weight is 284 g/mol. The van der Waals surface area contributed by atoms with Crippen LogP contribution in [0.4, 0.5) is 4.79 Å². The average Bonchev–Trinajstić information content (AvgIpc) is 2.81. The van der Waals surface area contributed by atoms with Gasteiger partial charge in [-0.2, -0.15) is 0 Å². The molecule has 2 aliphatic rings. The van der Waals surface area contributed by atoms with Crippen LogP contribution in [-0.4, -0.2) is 64.8 Å². The Kier molecular flexibility index (Phi) is 4.86. The van der Waals surface area contributed by atoms with Crippen LogP contribution in [-0.2, 0) is 4.79 Å². The summed E-state index contributed by atoms with van der Waals surface area (Å²) in [6, 6.07) is -0.0387. The monoisotopic (exact) mass is 284 g/mol. The van der Waals surface area contributed by atoms with Gasteiger partial charge in [-0.05, 0) is 31.1 Å². The van der Waals surface area contributed by atoms with Crippen molar-refractivity contribution in [2.24, 2.45) is 17.8 Å². The third kappa shape index (κ3) is 3.23. The van der Waals surface area contributed by atoms with Gasteiger partial charge in [-0.3, -0.25) is 4.79 Å². The predicted molar refractivity (Wildman–Crippen MR) is 73.3 cm³/mol. The Bertz CT molecular complexity index is 372. The van der Waals surface area contributed by atoms with Crippen LogP contribution >= 0.6 is 0 Å². The minimum absolute atomic E-state index is 0.00878. The molecule has 0 spiro atoms. The number of aliphatic hydroxyl groups excluding tert-OH is 1. The van der Waals surface area contributed by atoms with Crippen molar-refractivity contribution < 1.29 is 19.8 Å². The van der Waals surface area contributed by atoms with Crippen LogP contribution in [0, 0.1) is 17.8 Å². The van der Waals surface area contributed by atoms with Crippen LogP contribution in [0.1, 0.15) is 26.2 Å². The van der Waals surface area contributed by atoms with E-state index >= 15 is 0 Å². The van der Waals surface area contributed by atoms with Gasteiger partial charge in [-0.1, -0.05) is 6.92 Å². The second-order valence-corrected chi connectivity index (χ2v) is 6.08. The van der Waals surface area contributed by atoms with Crippen LogP contribution in [0.5, 0.6) is 0 Å². The van der Waals surface area contributed by atoms with E-state index in [9.17, 15) is 9.59 Å². The first-order valence-electron chi connectivity index (χ1n) is 7.40. The zero-order chi connectivity index (χ0) is 14.7. The normalized spacial score (nSPS) is 30.6. The molecule has 0 saturated carbocycles. The third-order valence-electron chi connectivity index (χ3n) is 4.53. The molecule has 0 bridgehead atoms. The van der Waals surface area contributed by atoms with E-state index < -0.39 is 11.9 Å². The molecule has 2 saturated heterocycles. The first kappa shape index (κ1) is 15.1. The van der Waals surface area contributed by atoms with Gasteiger partial charge in [0.15, 0.2) is 0 Å². The summed E-state index contributed by atoms with van der Waals surface area (Å²) in [5, 5.41) is 18.1. The number of likely N-dealkylation sites (tertiary alicyclic amines) is 2. The van der Waals surface area contributed by atoms with Crippen molar-refractivity contribution in [3.05, 3.63) is 0 Å². The second-order valence-electron chi connectivity index (χ2n) is 6.08. The third-order valence-corrected chi connectivity index (χ3v) is 4.53. The summed E-state index contributed by atoms with van der Waals surface area (Å²) in [6.45, 7) is 4.31. The number of hydrogen-bond acceptors (Lipinski definition) is 3. The minimum Gasteiger partial charge on any atom is -0.481 e. The summed E-state index contributed by atoms with van der Waals surface area (Å²) in [6.07, 6.45) is 2.75. The zero-order valence-electron chi connectivity index (χ0n) is 12.0. The molecule has 2 fully saturated rings. The van der Waals surface area contributed by atoms with Crippen LogP contribution in [0.3, 0.4) is 0 Å². The van der Waals surface area contributed by atoms with Gasteiger partial charge in [-0.25, -0.2) is 4.79 Å². The number of amides is 2. The van der Waals surface area contributed by atoms with Crippen molar-refractivity contribution in [2.75, 3.05) is 32.8 Å². The number of aliphatic carboxylic acids is 1. The molecule has 2 N–H and O–H groups in total. The molecule has 0 aromatic rings. The first-order chi connectivity index (χ1) is 9.52. The molecule has 20 heavy (non-hydrogen) atoms. The van der Waals surface area contributed by atoms with Crippen molar-refractivity contribution in [3.8, 4) is 0 Å². The molecular formula is C14H24N2O4. The number of urea groups is 1. The van der Waals surface area contributed by atoms with Gasteiger partial charge in [0.25, 0.3) is 0 Å². The van der Waals surface area contributed by atoms with Crippen molar-refractivity contribution in [1.29, 1.82) is 0 Å². The maximum absolute atomic E-state index is 12.5. The zero-order valence-corrected chi connectivity index (χ0v) is 12.0. The summed E-state index contributed by atoms with van der Waals surface area (Å²) in [4.78, 5) is 27.1. The van der Waals surface area contributed by atoms with E-state index in [0.29, 0.717) is 25.6 Å². The lowest BCUT2D eigenvalue weighted by Crippen LogP contribution is -2.47. The number of nitrogens with zero attached hydrogens (tertiary/aromatic N) is 2. The van der Waals surface area contributed by atoms with Crippen molar-refractivity contribution in [3.63, 3.8) is 0 Å². The van der Waals surface area contributed by atoms with Gasteiger partial charge in [-0.15, -0.1) is 0 Å². The molecule has 2 rings (SSSR count). The number of rotatable bonds is 3. The van der Waals surface area contributed by atoms with Crippen molar-refractivity contribution in [1.82, 2.24) is 9.80 Å². The lowest BCUT2D eigenvalue weighted by molar-refractivity contribution is -0.142. The molecule has 6 heteroatoms. The van der Waals surface area contributed by atoms with Crippen LogP contribution in [0.15, 0.2) is 0 Å². The largest absolute Gasteiger partial charge is 0.481 e. The van der Waals surface area contributed by atoms with Gasteiger partial charge in [0.1, 0.15) is 0 Å². The Morgan fingerprint density at radius 2 is 1.95 bits per heavy atom. The van der Waals surface area contributed by atoms with E-state index in [4.69, 9.17) is 10.2 Å². The van der Waals surface area contributed by atoms with Gasteiger partial charge >= 0.3 is 12.0 Å². The first-order valence-corrected chi connectivity index (χ1v) is 7.40. The molecule has 0 aliphatic carbocycles. The van der Waals surface area contributed by atoms with E-state index in [-0.39, 0.29) is 18.6 Å². The second kappa shape index (κ2) is 6.43. The Balaban J connectivity index is 1.93. The van der Waals surface area contributed by atoms with Crippen LogP contribution in [0.25, 0.3) is 0 Å². The van der Waals surface area contributed by atoms with E-state index in [0.717, 1.165) is 25.8 Å². The maximum atomic E-state index is 12.5. The summed E-state index contributed by atoms with van der Waals surface area (Å²) in [7, 11) is 0. The highest BCUT2D eigenvalue weighted by Crippen LogP contribution is 2.26. The molecule has 3 unspecified atom stereocenters. The molecule has 2 aliphatic heterocycles. The maximum Gasteiger partial charge on any atom is 0.320 e. The number of carboxylic acid groups (broad SMARTS) is 1. The van der Waals surface area contributed by atoms with E-state index in [1.165, 1.54) is 0 Å². The van der Waals surface area contributed by atoms with E-state index in [2.05, 4.69) is 0 Å². The summed E-state index contributed by atoms with van der Waals surface area (Å²) in [5.41, 5.74) is 0. The van der Waals surface area contributed by atoms with Gasteiger partial charge < -0.3 is 20.0 Å². The number of carbonyl (C=O) groups excluding carboxylic acids is 1. The van der Waals surface area contributed by atoms with E-state index in [1.54, 1.807) is 4.90 Å². The summed E-state index contributed by atoms with van der Waals surface area (Å²) >= 11 is 0. The number of piperidine rings is 1. The van der Waals surface area contributed by atoms with Gasteiger partial charge in [0.05, 0.1) is 5.92 Å². The SMILES string of the molecule is CC1CN(C(=O)N2CCCC(CCO)C2)CC1C(=O)O. The Labute approximate surface area is 119 Å². The number of hydrogen-bond donors (Lipinski definition) is 2. The lowest BCUT2D eigenvalue weighted by atomic mass is 9.95. The number of carbonyl (C=O) groups is 2. The quantitative estimate of drug-likeness (QED) is 0.805. The fourth-order valence-corrected chi connectivity index (χ4v) is 3.30. The van der Waals surface area contributed by atoms with Gasteiger partial charge in [0.2, 0.25) is 0 Å². The van der Waals surface area contributed by atoms with Crippen molar-refractivity contribution >= 4 is 12.0 Å². The smallest absolute Gasteiger partial charge is 0.320 e. The highest BCUT2D eigenvalue weighted by molar-refractivity contribution is 5.77. The number of carboxylic acids is 1. The molecule has 2 heterocycles. The summed E-state index contributed by atoms with van der Waals surface area (Å²) in [5.74, 6) is -0.885. The Morgan fingerprint density at radius 3 is 2.55 bits per heavy atom. The molecule has 0 aromatic carbocycles. The minimum atomic E-state index is -0.815. The fourth-order valence-electron chi connectivity index (χ4n) is 3.30. The molecule has 3 atom stereocenters. The van der Waals surface area contributed by atoms with Crippen LogP contribution in [0.2, 0.25) is 0 Å². The lowest BCUT2D eigenvalue weighted by Gasteiger charge is -2.35. The van der Waals surface area contributed by atoms with Gasteiger partial charge in [0, 0.05) is 32.8 Å². The van der Waals surface area contributed by atoms with Crippen molar-refractivity contribution in [2.45, 2.75) is 26.2 Å². The summed E-state index contributed by atoms with van der Waals surface area (Å²) < 4.78 is 0. The highest BCUT2D eigenvalue weighted by Gasteiger charge is 2.39. The Morgan fingerprint density at radius 1 is 1.20 bits per heavy atom. The highest BCUT2D eigenvalue weighted by atomic mass is 16.4. The Hall–Kier alpha value is -1.30. The molecular weight excluding hydrogens is 260 g/mol. The molecule has 0 aromatic heterocycles. The molecule has 114 valence electrons. The number of aliphatic hydroxyl groups is 1. The van der Waals surface area contributed by atoms with E-state index in [1.807, 2.05) is 11.8 Å². The molecule has 0 radical (unpaired) electrons. The fraction of sp³-hybridized carbons (Fsp3) is 0.857. The molecule has 6 nitrogen and oxygen atoms in total.